The summed E-state index contributed by atoms with van der Waals surface area (Å²) in [7, 11) is -1.08. The molecule has 0 unspecified atom stereocenters. The van der Waals surface area contributed by atoms with Gasteiger partial charge in [0.2, 0.25) is 0 Å². The second kappa shape index (κ2) is 10.9. The molecule has 3 aromatic rings. The third-order valence-electron chi connectivity index (χ3n) is 4.78. The summed E-state index contributed by atoms with van der Waals surface area (Å²) in [5.74, 6) is -0.505. The Morgan fingerprint density at radius 3 is 2.33 bits per heavy atom. The number of amides is 1. The van der Waals surface area contributed by atoms with Crippen molar-refractivity contribution in [3.8, 4) is 11.5 Å². The second-order valence-corrected chi connectivity index (χ2v) is 8.61. The third kappa shape index (κ3) is 6.30. The topological polar surface area (TPSA) is 82.1 Å². The van der Waals surface area contributed by atoms with E-state index in [9.17, 15) is 17.6 Å². The van der Waals surface area contributed by atoms with E-state index < -0.39 is 21.8 Å². The first kappa shape index (κ1) is 24.2. The van der Waals surface area contributed by atoms with Gasteiger partial charge in [0.15, 0.2) is 0 Å². The Balaban J connectivity index is 1.80. The minimum absolute atomic E-state index is 0.0230. The quantitative estimate of drug-likeness (QED) is 0.416. The molecule has 3 rings (SSSR count). The molecule has 0 heterocycles. The highest BCUT2D eigenvalue weighted by Crippen LogP contribution is 2.23. The van der Waals surface area contributed by atoms with Crippen LogP contribution in [0.2, 0.25) is 0 Å². The minimum atomic E-state index is -4.07. The molecule has 0 atom stereocenters. The molecule has 0 aliphatic heterocycles. The zero-order valence-electron chi connectivity index (χ0n) is 18.2. The van der Waals surface area contributed by atoms with E-state index in [2.05, 4.69) is 0 Å². The number of rotatable bonds is 10. The summed E-state index contributed by atoms with van der Waals surface area (Å²) in [4.78, 5) is 14.3. The van der Waals surface area contributed by atoms with Crippen molar-refractivity contribution in [2.75, 3.05) is 27.4 Å². The zero-order chi connectivity index (χ0) is 23.8. The minimum Gasteiger partial charge on any atom is -0.497 e. The van der Waals surface area contributed by atoms with Crippen LogP contribution in [0.1, 0.15) is 15.9 Å². The van der Waals surface area contributed by atoms with Gasteiger partial charge in [-0.25, -0.2) is 4.39 Å². The highest BCUT2D eigenvalue weighted by Gasteiger charge is 2.20. The lowest BCUT2D eigenvalue weighted by atomic mass is 10.1. The van der Waals surface area contributed by atoms with Crippen molar-refractivity contribution in [3.63, 3.8) is 0 Å². The Morgan fingerprint density at radius 1 is 0.939 bits per heavy atom. The number of ether oxygens (including phenoxy) is 2. The monoisotopic (exact) mass is 473 g/mol. The standard InChI is InChI=1S/C24H24FNO6S/c1-30-15-14-26(24(27)22-8-3-4-9-23(22)25)17-18-6-5-7-20(16-18)32-33(28,29)21-12-10-19(31-2)11-13-21/h3-13,16H,14-15,17H2,1-2H3. The van der Waals surface area contributed by atoms with Crippen LogP contribution in [-0.2, 0) is 21.4 Å². The summed E-state index contributed by atoms with van der Waals surface area (Å²) < 4.78 is 54.8. The van der Waals surface area contributed by atoms with Crippen LogP contribution in [0.5, 0.6) is 11.5 Å². The van der Waals surface area contributed by atoms with Crippen LogP contribution in [-0.4, -0.2) is 46.6 Å². The molecule has 0 saturated carbocycles. The van der Waals surface area contributed by atoms with E-state index in [1.165, 1.54) is 73.7 Å². The lowest BCUT2D eigenvalue weighted by molar-refractivity contribution is 0.0675. The van der Waals surface area contributed by atoms with E-state index in [1.54, 1.807) is 18.2 Å². The van der Waals surface area contributed by atoms with Gasteiger partial charge in [-0.3, -0.25) is 4.79 Å². The first-order chi connectivity index (χ1) is 15.8. The number of benzene rings is 3. The molecule has 174 valence electrons. The molecule has 0 saturated heterocycles. The van der Waals surface area contributed by atoms with E-state index in [-0.39, 0.29) is 35.9 Å². The average molecular weight is 474 g/mol. The highest BCUT2D eigenvalue weighted by molar-refractivity contribution is 7.87. The van der Waals surface area contributed by atoms with Crippen LogP contribution in [0.4, 0.5) is 4.39 Å². The third-order valence-corrected chi connectivity index (χ3v) is 6.04. The van der Waals surface area contributed by atoms with Gasteiger partial charge in [-0.15, -0.1) is 0 Å². The fourth-order valence-corrected chi connectivity index (χ4v) is 4.01. The lowest BCUT2D eigenvalue weighted by Gasteiger charge is -2.23. The van der Waals surface area contributed by atoms with Gasteiger partial charge in [0.1, 0.15) is 22.2 Å². The summed E-state index contributed by atoms with van der Waals surface area (Å²) in [6.07, 6.45) is 0. The van der Waals surface area contributed by atoms with Crippen LogP contribution in [0.25, 0.3) is 0 Å². The van der Waals surface area contributed by atoms with Crippen LogP contribution >= 0.6 is 0 Å². The number of nitrogens with zero attached hydrogens (tertiary/aromatic N) is 1. The molecule has 0 fully saturated rings. The van der Waals surface area contributed by atoms with Crippen LogP contribution in [0, 0.1) is 5.82 Å². The molecule has 0 aromatic heterocycles. The van der Waals surface area contributed by atoms with Gasteiger partial charge >= 0.3 is 10.1 Å². The Morgan fingerprint density at radius 2 is 1.67 bits per heavy atom. The van der Waals surface area contributed by atoms with Crippen molar-refractivity contribution in [1.29, 1.82) is 0 Å². The molecule has 3 aromatic carbocycles. The lowest BCUT2D eigenvalue weighted by Crippen LogP contribution is -2.34. The van der Waals surface area contributed by atoms with E-state index in [4.69, 9.17) is 13.7 Å². The van der Waals surface area contributed by atoms with E-state index in [0.29, 0.717) is 11.3 Å². The summed E-state index contributed by atoms with van der Waals surface area (Å²) in [6.45, 7) is 0.581. The summed E-state index contributed by atoms with van der Waals surface area (Å²) in [5, 5.41) is 0. The molecule has 0 N–H and O–H groups in total. The second-order valence-electron chi connectivity index (χ2n) is 7.06. The van der Waals surface area contributed by atoms with Crippen LogP contribution in [0.3, 0.4) is 0 Å². The van der Waals surface area contributed by atoms with E-state index in [1.807, 2.05) is 0 Å². The largest absolute Gasteiger partial charge is 0.497 e. The molecule has 33 heavy (non-hydrogen) atoms. The summed E-state index contributed by atoms with van der Waals surface area (Å²) in [6, 6.07) is 17.9. The predicted molar refractivity (Wildman–Crippen MR) is 120 cm³/mol. The Labute approximate surface area is 192 Å². The molecular weight excluding hydrogens is 449 g/mol. The maximum atomic E-state index is 14.1. The van der Waals surface area contributed by atoms with Crippen molar-refractivity contribution in [3.05, 3.63) is 89.7 Å². The van der Waals surface area contributed by atoms with Crippen molar-refractivity contribution >= 4 is 16.0 Å². The summed E-state index contributed by atoms with van der Waals surface area (Å²) >= 11 is 0. The maximum Gasteiger partial charge on any atom is 0.339 e. The predicted octanol–water partition coefficient (Wildman–Crippen LogP) is 3.89. The molecule has 0 aliphatic rings. The van der Waals surface area contributed by atoms with Crippen molar-refractivity contribution < 1.29 is 31.3 Å². The normalized spacial score (nSPS) is 11.1. The van der Waals surface area contributed by atoms with E-state index in [0.717, 1.165) is 0 Å². The van der Waals surface area contributed by atoms with Crippen molar-refractivity contribution in [1.82, 2.24) is 4.90 Å². The van der Waals surface area contributed by atoms with Crippen LogP contribution < -0.4 is 8.92 Å². The van der Waals surface area contributed by atoms with Gasteiger partial charge in [0.25, 0.3) is 5.91 Å². The number of hydrogen-bond donors (Lipinski definition) is 0. The first-order valence-corrected chi connectivity index (χ1v) is 11.4. The number of halogens is 1. The van der Waals surface area contributed by atoms with Gasteiger partial charge in [-0.2, -0.15) is 8.42 Å². The Hall–Kier alpha value is -3.43. The molecule has 0 aliphatic carbocycles. The van der Waals surface area contributed by atoms with Crippen LogP contribution in [0.15, 0.2) is 77.7 Å². The fourth-order valence-electron chi connectivity index (χ4n) is 3.09. The molecule has 1 amide bonds. The maximum absolute atomic E-state index is 14.1. The zero-order valence-corrected chi connectivity index (χ0v) is 19.0. The number of carbonyl (C=O) groups excluding carboxylic acids is 1. The smallest absolute Gasteiger partial charge is 0.339 e. The molecule has 7 nitrogen and oxygen atoms in total. The van der Waals surface area contributed by atoms with Gasteiger partial charge in [-0.1, -0.05) is 24.3 Å². The Bertz CT molecular complexity index is 1200. The SMILES string of the molecule is COCCN(Cc1cccc(OS(=O)(=O)c2ccc(OC)cc2)c1)C(=O)c1ccccc1F. The Kier molecular flexibility index (Phi) is 8.02. The number of hydrogen-bond acceptors (Lipinski definition) is 6. The van der Waals surface area contributed by atoms with Crippen molar-refractivity contribution in [2.24, 2.45) is 0 Å². The molecule has 0 spiro atoms. The highest BCUT2D eigenvalue weighted by atomic mass is 32.2. The molecule has 9 heteroatoms. The fraction of sp³-hybridized carbons (Fsp3) is 0.208. The molecular formula is C24H24FNO6S. The van der Waals surface area contributed by atoms with Gasteiger partial charge in [0.05, 0.1) is 19.3 Å². The van der Waals surface area contributed by atoms with Gasteiger partial charge in [-0.05, 0) is 54.1 Å². The average Bonchev–Trinajstić information content (AvgIpc) is 2.81. The first-order valence-electron chi connectivity index (χ1n) is 10.0. The van der Waals surface area contributed by atoms with Crippen molar-refractivity contribution in [2.45, 2.75) is 11.4 Å². The van der Waals surface area contributed by atoms with Gasteiger partial charge in [0, 0.05) is 20.2 Å². The molecule has 0 radical (unpaired) electrons. The summed E-state index contributed by atoms with van der Waals surface area (Å²) in [5.41, 5.74) is 0.557. The van der Waals surface area contributed by atoms with Gasteiger partial charge < -0.3 is 18.6 Å². The van der Waals surface area contributed by atoms with E-state index >= 15 is 0 Å². The number of carbonyl (C=O) groups is 1. The number of methoxy groups -OCH3 is 2. The molecule has 0 bridgehead atoms.